The van der Waals surface area contributed by atoms with Gasteiger partial charge in [-0.2, -0.15) is 5.12 Å². The van der Waals surface area contributed by atoms with E-state index < -0.39 is 35.6 Å². The molecule has 1 rings (SSSR count). The largest absolute Gasteiger partial charge is 0.388 e. The summed E-state index contributed by atoms with van der Waals surface area (Å²) in [5.41, 5.74) is -2.04. The molecule has 3 N–H and O–H groups in total. The second-order valence-electron chi connectivity index (χ2n) is 5.80. The standard InChI is InChI=1S/C10H19N3O4S2/c1-9(2)6(13(11-18)12-19)5(14)7(15)17-8(9)10(3,4)16/h5-8,14-16H,1-4H3. The Bertz CT molecular complexity index is 353. The SMILES string of the molecule is CC(C)(O)C1OC(O)C(O)C(N(N=S)N=S)C1(C)C. The molecule has 1 fully saturated rings. The minimum absolute atomic E-state index is 0.764. The van der Waals surface area contributed by atoms with E-state index in [1.807, 2.05) is 0 Å². The van der Waals surface area contributed by atoms with E-state index in [0.29, 0.717) is 0 Å². The first-order valence-electron chi connectivity index (χ1n) is 5.77. The van der Waals surface area contributed by atoms with Crippen LogP contribution in [0.25, 0.3) is 0 Å². The average molecular weight is 309 g/mol. The zero-order valence-corrected chi connectivity index (χ0v) is 12.9. The number of rotatable bonds is 4. The normalized spacial score (nSPS) is 34.7. The third kappa shape index (κ3) is 3.06. The van der Waals surface area contributed by atoms with E-state index >= 15 is 0 Å². The first-order chi connectivity index (χ1) is 8.57. The van der Waals surface area contributed by atoms with Crippen molar-refractivity contribution < 1.29 is 20.1 Å². The van der Waals surface area contributed by atoms with Crippen LogP contribution in [0.4, 0.5) is 0 Å². The van der Waals surface area contributed by atoms with Gasteiger partial charge in [0.1, 0.15) is 12.1 Å². The van der Waals surface area contributed by atoms with Crippen LogP contribution in [0.3, 0.4) is 0 Å². The van der Waals surface area contributed by atoms with Crippen LogP contribution >= 0.6 is 0 Å². The fourth-order valence-electron chi connectivity index (χ4n) is 2.77. The Balaban J connectivity index is 3.24. The number of hydrogen-bond donors (Lipinski definition) is 3. The summed E-state index contributed by atoms with van der Waals surface area (Å²) in [7, 11) is 0. The van der Waals surface area contributed by atoms with Crippen LogP contribution in [0.15, 0.2) is 8.94 Å². The molecule has 9 heteroatoms. The fourth-order valence-corrected chi connectivity index (χ4v) is 3.10. The molecule has 0 spiro atoms. The monoisotopic (exact) mass is 309 g/mol. The van der Waals surface area contributed by atoms with Crippen molar-refractivity contribution in [2.24, 2.45) is 14.4 Å². The molecule has 0 aliphatic carbocycles. The molecule has 4 atom stereocenters. The zero-order chi connectivity index (χ0) is 15.0. The lowest BCUT2D eigenvalue weighted by molar-refractivity contribution is -0.307. The molecule has 7 nitrogen and oxygen atoms in total. The van der Waals surface area contributed by atoms with Crippen molar-refractivity contribution >= 4 is 24.9 Å². The maximum absolute atomic E-state index is 10.2. The summed E-state index contributed by atoms with van der Waals surface area (Å²) in [6.45, 7) is 6.62. The van der Waals surface area contributed by atoms with Crippen LogP contribution in [-0.4, -0.2) is 50.6 Å². The highest BCUT2D eigenvalue weighted by atomic mass is 32.1. The van der Waals surface area contributed by atoms with Gasteiger partial charge in [-0.3, -0.25) is 0 Å². The molecule has 1 heterocycles. The molecule has 0 radical (unpaired) electrons. The first-order valence-corrected chi connectivity index (χ1v) is 6.50. The van der Waals surface area contributed by atoms with Crippen molar-refractivity contribution in [1.29, 1.82) is 0 Å². The van der Waals surface area contributed by atoms with E-state index in [1.165, 1.54) is 0 Å². The quantitative estimate of drug-likeness (QED) is 0.620. The maximum atomic E-state index is 10.2. The van der Waals surface area contributed by atoms with Crippen LogP contribution in [-0.2, 0) is 29.6 Å². The van der Waals surface area contributed by atoms with Gasteiger partial charge >= 0.3 is 0 Å². The van der Waals surface area contributed by atoms with Crippen molar-refractivity contribution in [2.75, 3.05) is 0 Å². The lowest BCUT2D eigenvalue weighted by Crippen LogP contribution is -2.67. The summed E-state index contributed by atoms with van der Waals surface area (Å²) in [5, 5.41) is 31.0. The third-order valence-electron chi connectivity index (χ3n) is 3.39. The number of nitrogens with zero attached hydrogens (tertiary/aromatic N) is 3. The van der Waals surface area contributed by atoms with E-state index in [4.69, 9.17) is 4.74 Å². The second kappa shape index (κ2) is 5.58. The Morgan fingerprint density at radius 3 is 2.05 bits per heavy atom. The number of ether oxygens (including phenoxy) is 1. The van der Waals surface area contributed by atoms with Gasteiger partial charge in [-0.05, 0) is 13.8 Å². The van der Waals surface area contributed by atoms with Crippen molar-refractivity contribution in [3.8, 4) is 0 Å². The highest BCUT2D eigenvalue weighted by Crippen LogP contribution is 2.43. The molecular formula is C10H19N3O4S2. The molecule has 1 aliphatic heterocycles. The minimum Gasteiger partial charge on any atom is -0.388 e. The Morgan fingerprint density at radius 1 is 1.21 bits per heavy atom. The number of aliphatic hydroxyl groups excluding tert-OH is 2. The van der Waals surface area contributed by atoms with Crippen LogP contribution in [0.1, 0.15) is 27.7 Å². The summed E-state index contributed by atoms with van der Waals surface area (Å²) in [6, 6.07) is -0.803. The highest BCUT2D eigenvalue weighted by molar-refractivity contribution is 7.47. The van der Waals surface area contributed by atoms with E-state index in [-0.39, 0.29) is 0 Å². The summed E-state index contributed by atoms with van der Waals surface area (Å²) < 4.78 is 12.3. The molecule has 1 saturated heterocycles. The van der Waals surface area contributed by atoms with Gasteiger partial charge in [0.05, 0.1) is 36.6 Å². The van der Waals surface area contributed by atoms with Crippen molar-refractivity contribution in [2.45, 2.75) is 57.8 Å². The van der Waals surface area contributed by atoms with Crippen LogP contribution in [0.2, 0.25) is 0 Å². The Kier molecular flexibility index (Phi) is 4.92. The van der Waals surface area contributed by atoms with Gasteiger partial charge in [0.15, 0.2) is 6.29 Å². The van der Waals surface area contributed by atoms with Crippen LogP contribution in [0.5, 0.6) is 0 Å². The third-order valence-corrected chi connectivity index (χ3v) is 3.72. The van der Waals surface area contributed by atoms with E-state index in [1.54, 1.807) is 27.7 Å². The molecule has 0 aromatic carbocycles. The molecule has 0 bridgehead atoms. The van der Waals surface area contributed by atoms with Gasteiger partial charge in [0.25, 0.3) is 0 Å². The highest BCUT2D eigenvalue weighted by Gasteiger charge is 2.57. The summed E-state index contributed by atoms with van der Waals surface area (Å²) in [6.07, 6.45) is -3.54. The van der Waals surface area contributed by atoms with Gasteiger partial charge in [0.2, 0.25) is 0 Å². The predicted molar refractivity (Wildman–Crippen MR) is 72.2 cm³/mol. The Labute approximate surface area is 122 Å². The van der Waals surface area contributed by atoms with Crippen molar-refractivity contribution in [3.05, 3.63) is 0 Å². The topological polar surface area (TPSA) is 97.9 Å². The lowest BCUT2D eigenvalue weighted by atomic mass is 9.69. The number of hydrogen-bond acceptors (Lipinski definition) is 8. The number of aliphatic hydroxyl groups is 3. The predicted octanol–water partition coefficient (Wildman–Crippen LogP) is -0.177. The van der Waals surface area contributed by atoms with Gasteiger partial charge in [-0.15, -0.1) is 0 Å². The fraction of sp³-hybridized carbons (Fsp3) is 1.00. The molecule has 1 aliphatic rings. The van der Waals surface area contributed by atoms with E-state index in [2.05, 4.69) is 33.8 Å². The summed E-state index contributed by atoms with van der Waals surface area (Å²) in [4.78, 5) is 0. The molecule has 4 unspecified atom stereocenters. The van der Waals surface area contributed by atoms with Crippen LogP contribution < -0.4 is 0 Å². The second-order valence-corrected chi connectivity index (χ2v) is 6.13. The van der Waals surface area contributed by atoms with Gasteiger partial charge in [-0.1, -0.05) is 22.8 Å². The molecule has 0 saturated carbocycles. The van der Waals surface area contributed by atoms with E-state index in [0.717, 1.165) is 5.12 Å². The Morgan fingerprint density at radius 2 is 1.68 bits per heavy atom. The molecule has 0 aromatic heterocycles. The molecule has 0 amide bonds. The van der Waals surface area contributed by atoms with Crippen molar-refractivity contribution in [3.63, 3.8) is 0 Å². The van der Waals surface area contributed by atoms with Crippen LogP contribution in [0, 0.1) is 5.41 Å². The van der Waals surface area contributed by atoms with E-state index in [9.17, 15) is 15.3 Å². The average Bonchev–Trinajstić information content (AvgIpc) is 2.27. The summed E-state index contributed by atoms with van der Waals surface area (Å²) >= 11 is 9.15. The maximum Gasteiger partial charge on any atom is 0.183 e. The van der Waals surface area contributed by atoms with Gasteiger partial charge < -0.3 is 20.1 Å². The molecule has 19 heavy (non-hydrogen) atoms. The molecular weight excluding hydrogens is 290 g/mol. The minimum atomic E-state index is -1.48. The first kappa shape index (κ1) is 16.7. The summed E-state index contributed by atoms with van der Waals surface area (Å²) in [5.74, 6) is 0. The molecule has 110 valence electrons. The van der Waals surface area contributed by atoms with Gasteiger partial charge in [-0.25, -0.2) is 0 Å². The Hall–Kier alpha value is -0.320. The van der Waals surface area contributed by atoms with Gasteiger partial charge in [0, 0.05) is 5.41 Å². The molecule has 0 aromatic rings. The zero-order valence-electron chi connectivity index (χ0n) is 11.2. The lowest BCUT2D eigenvalue weighted by Gasteiger charge is -2.53. The smallest absolute Gasteiger partial charge is 0.183 e. The van der Waals surface area contributed by atoms with Crippen molar-refractivity contribution in [1.82, 2.24) is 5.12 Å².